The molecule has 0 spiro atoms. The van der Waals surface area contributed by atoms with Crippen LogP contribution in [-0.4, -0.2) is 23.5 Å². The molecule has 88 valence electrons. The molecule has 0 heterocycles. The van der Waals surface area contributed by atoms with Crippen molar-refractivity contribution in [3.8, 4) is 0 Å². The van der Waals surface area contributed by atoms with Gasteiger partial charge in [0, 0.05) is 12.5 Å². The lowest BCUT2D eigenvalue weighted by Gasteiger charge is -2.14. The third kappa shape index (κ3) is 5.40. The Balaban J connectivity index is 3.92. The van der Waals surface area contributed by atoms with Crippen molar-refractivity contribution < 1.29 is 14.7 Å². The number of carboxylic acid groups (broad SMARTS) is 1. The fourth-order valence-electron chi connectivity index (χ4n) is 1.37. The summed E-state index contributed by atoms with van der Waals surface area (Å²) >= 11 is 0. The lowest BCUT2D eigenvalue weighted by molar-refractivity contribution is -0.141. The monoisotopic (exact) mass is 215 g/mol. The Bertz CT molecular complexity index is 216. The maximum atomic E-state index is 11.5. The molecule has 0 bridgehead atoms. The van der Waals surface area contributed by atoms with Crippen molar-refractivity contribution in [3.05, 3.63) is 0 Å². The van der Waals surface area contributed by atoms with E-state index in [4.69, 9.17) is 5.11 Å². The Labute approximate surface area is 91.1 Å². The van der Waals surface area contributed by atoms with E-state index in [9.17, 15) is 9.59 Å². The van der Waals surface area contributed by atoms with Gasteiger partial charge in [-0.1, -0.05) is 27.2 Å². The first-order valence-electron chi connectivity index (χ1n) is 5.53. The van der Waals surface area contributed by atoms with Crippen LogP contribution in [-0.2, 0) is 9.59 Å². The fourth-order valence-corrected chi connectivity index (χ4v) is 1.37. The van der Waals surface area contributed by atoms with Gasteiger partial charge in [-0.15, -0.1) is 0 Å². The van der Waals surface area contributed by atoms with E-state index in [0.29, 0.717) is 6.42 Å². The summed E-state index contributed by atoms with van der Waals surface area (Å²) in [5, 5.41) is 11.5. The van der Waals surface area contributed by atoms with Crippen molar-refractivity contribution in [2.45, 2.75) is 40.0 Å². The molecule has 0 aromatic heterocycles. The average Bonchev–Trinajstić information content (AvgIpc) is 2.18. The molecule has 0 aliphatic carbocycles. The van der Waals surface area contributed by atoms with Gasteiger partial charge in [-0.05, 0) is 12.8 Å². The third-order valence-electron chi connectivity index (χ3n) is 2.53. The standard InChI is InChI=1S/C11H21NO3/c1-4-6-8(3)10(13)12-7-9(5-2)11(14)15/h8-9H,4-7H2,1-3H3,(H,12,13)(H,14,15). The second-order valence-electron chi connectivity index (χ2n) is 3.88. The molecular weight excluding hydrogens is 194 g/mol. The van der Waals surface area contributed by atoms with Crippen LogP contribution in [0, 0.1) is 11.8 Å². The topological polar surface area (TPSA) is 66.4 Å². The van der Waals surface area contributed by atoms with E-state index >= 15 is 0 Å². The van der Waals surface area contributed by atoms with Crippen LogP contribution in [0.2, 0.25) is 0 Å². The minimum atomic E-state index is -0.846. The van der Waals surface area contributed by atoms with Gasteiger partial charge in [0.25, 0.3) is 0 Å². The fraction of sp³-hybridized carbons (Fsp3) is 0.818. The highest BCUT2D eigenvalue weighted by Gasteiger charge is 2.17. The van der Waals surface area contributed by atoms with Crippen LogP contribution in [0.15, 0.2) is 0 Å². The molecule has 0 saturated carbocycles. The molecule has 2 N–H and O–H groups in total. The zero-order valence-corrected chi connectivity index (χ0v) is 9.75. The lowest BCUT2D eigenvalue weighted by atomic mass is 10.0. The van der Waals surface area contributed by atoms with Crippen LogP contribution in [0.25, 0.3) is 0 Å². The van der Waals surface area contributed by atoms with E-state index in [1.54, 1.807) is 6.92 Å². The number of carbonyl (C=O) groups is 2. The summed E-state index contributed by atoms with van der Waals surface area (Å²) in [7, 11) is 0. The van der Waals surface area contributed by atoms with Gasteiger partial charge in [0.2, 0.25) is 5.91 Å². The van der Waals surface area contributed by atoms with Gasteiger partial charge in [0.05, 0.1) is 5.92 Å². The van der Waals surface area contributed by atoms with Crippen molar-refractivity contribution in [1.29, 1.82) is 0 Å². The number of carbonyl (C=O) groups excluding carboxylic acids is 1. The van der Waals surface area contributed by atoms with Crippen molar-refractivity contribution in [3.63, 3.8) is 0 Å². The average molecular weight is 215 g/mol. The molecule has 0 rings (SSSR count). The number of aliphatic carboxylic acids is 1. The minimum absolute atomic E-state index is 0.0266. The Kier molecular flexibility index (Phi) is 6.75. The highest BCUT2D eigenvalue weighted by molar-refractivity contribution is 5.79. The van der Waals surface area contributed by atoms with Crippen molar-refractivity contribution in [2.24, 2.45) is 11.8 Å². The van der Waals surface area contributed by atoms with Gasteiger partial charge in [0.1, 0.15) is 0 Å². The van der Waals surface area contributed by atoms with Gasteiger partial charge in [-0.2, -0.15) is 0 Å². The molecule has 2 atom stereocenters. The van der Waals surface area contributed by atoms with E-state index < -0.39 is 11.9 Å². The number of rotatable bonds is 7. The third-order valence-corrected chi connectivity index (χ3v) is 2.53. The summed E-state index contributed by atoms with van der Waals surface area (Å²) in [4.78, 5) is 22.2. The second kappa shape index (κ2) is 7.26. The maximum absolute atomic E-state index is 11.5. The Morgan fingerprint density at radius 1 is 1.33 bits per heavy atom. The summed E-state index contributed by atoms with van der Waals surface area (Å²) in [6, 6.07) is 0. The molecule has 15 heavy (non-hydrogen) atoms. The Hall–Kier alpha value is -1.06. The first kappa shape index (κ1) is 13.9. The second-order valence-corrected chi connectivity index (χ2v) is 3.88. The van der Waals surface area contributed by atoms with E-state index in [0.717, 1.165) is 12.8 Å². The molecular formula is C11H21NO3. The van der Waals surface area contributed by atoms with Crippen LogP contribution in [0.1, 0.15) is 40.0 Å². The number of hydrogen-bond acceptors (Lipinski definition) is 2. The molecule has 4 heteroatoms. The summed E-state index contributed by atoms with van der Waals surface area (Å²) in [5.74, 6) is -1.39. The molecule has 0 radical (unpaired) electrons. The molecule has 0 aromatic rings. The van der Waals surface area contributed by atoms with Gasteiger partial charge in [-0.25, -0.2) is 0 Å². The van der Waals surface area contributed by atoms with Crippen LogP contribution >= 0.6 is 0 Å². The van der Waals surface area contributed by atoms with Crippen molar-refractivity contribution in [2.75, 3.05) is 6.54 Å². The van der Waals surface area contributed by atoms with Crippen LogP contribution < -0.4 is 5.32 Å². The number of nitrogens with one attached hydrogen (secondary N) is 1. The lowest BCUT2D eigenvalue weighted by Crippen LogP contribution is -2.35. The van der Waals surface area contributed by atoms with E-state index in [1.807, 2.05) is 13.8 Å². The molecule has 0 aromatic carbocycles. The van der Waals surface area contributed by atoms with Gasteiger partial charge in [0.15, 0.2) is 0 Å². The highest BCUT2D eigenvalue weighted by atomic mass is 16.4. The summed E-state index contributed by atoms with van der Waals surface area (Å²) in [6.45, 7) is 5.93. The van der Waals surface area contributed by atoms with Crippen LogP contribution in [0.4, 0.5) is 0 Å². The van der Waals surface area contributed by atoms with Crippen molar-refractivity contribution in [1.82, 2.24) is 5.32 Å². The maximum Gasteiger partial charge on any atom is 0.308 e. The smallest absolute Gasteiger partial charge is 0.308 e. The number of hydrogen-bond donors (Lipinski definition) is 2. The quantitative estimate of drug-likeness (QED) is 0.678. The van der Waals surface area contributed by atoms with E-state index in [-0.39, 0.29) is 18.4 Å². The molecule has 4 nitrogen and oxygen atoms in total. The zero-order valence-electron chi connectivity index (χ0n) is 9.75. The molecule has 0 aliphatic rings. The van der Waals surface area contributed by atoms with Gasteiger partial charge in [-0.3, -0.25) is 9.59 Å². The van der Waals surface area contributed by atoms with E-state index in [2.05, 4.69) is 5.32 Å². The minimum Gasteiger partial charge on any atom is -0.481 e. The Morgan fingerprint density at radius 3 is 2.33 bits per heavy atom. The highest BCUT2D eigenvalue weighted by Crippen LogP contribution is 2.06. The normalized spacial score (nSPS) is 14.3. The summed E-state index contributed by atoms with van der Waals surface area (Å²) in [6.07, 6.45) is 2.35. The predicted octanol–water partition coefficient (Wildman–Crippen LogP) is 1.65. The zero-order chi connectivity index (χ0) is 11.8. The SMILES string of the molecule is CCCC(C)C(=O)NCC(CC)C(=O)O. The molecule has 2 unspecified atom stereocenters. The van der Waals surface area contributed by atoms with E-state index in [1.165, 1.54) is 0 Å². The molecule has 0 aliphatic heterocycles. The molecule has 1 amide bonds. The van der Waals surface area contributed by atoms with Crippen LogP contribution in [0.5, 0.6) is 0 Å². The van der Waals surface area contributed by atoms with Crippen LogP contribution in [0.3, 0.4) is 0 Å². The summed E-state index contributed by atoms with van der Waals surface area (Å²) in [5.41, 5.74) is 0. The summed E-state index contributed by atoms with van der Waals surface area (Å²) < 4.78 is 0. The Morgan fingerprint density at radius 2 is 1.93 bits per heavy atom. The number of carboxylic acids is 1. The van der Waals surface area contributed by atoms with Gasteiger partial charge < -0.3 is 10.4 Å². The van der Waals surface area contributed by atoms with Crippen molar-refractivity contribution >= 4 is 11.9 Å². The van der Waals surface area contributed by atoms with Gasteiger partial charge >= 0.3 is 5.97 Å². The predicted molar refractivity (Wildman–Crippen MR) is 58.5 cm³/mol. The number of amides is 1. The first-order valence-corrected chi connectivity index (χ1v) is 5.53. The molecule has 0 saturated heterocycles. The largest absolute Gasteiger partial charge is 0.481 e. The first-order chi connectivity index (χ1) is 7.02. The molecule has 0 fully saturated rings.